The second-order valence-electron chi connectivity index (χ2n) is 10.2. The first-order valence-electron chi connectivity index (χ1n) is 13.2. The maximum absolute atomic E-state index is 14.7. The van der Waals surface area contributed by atoms with Crippen LogP contribution in [0.25, 0.3) is 11.3 Å². The molecule has 1 saturated carbocycles. The average Bonchev–Trinajstić information content (AvgIpc) is 3.74. The molecule has 210 valence electrons. The molecule has 1 aliphatic carbocycles. The SMILES string of the molecule is C=CC(=O)N1C[C@@H](C#N)C[C@H]1CONc1cc(-c2cc(F)cc(NC(=O)c3ccc(C4CC4)cc3F)c2C)ncn1. The maximum Gasteiger partial charge on any atom is 0.258 e. The van der Waals surface area contributed by atoms with Crippen LogP contribution in [0.1, 0.15) is 46.7 Å². The van der Waals surface area contributed by atoms with E-state index in [0.29, 0.717) is 35.7 Å². The van der Waals surface area contributed by atoms with Crippen LogP contribution < -0.4 is 10.8 Å². The second-order valence-corrected chi connectivity index (χ2v) is 10.2. The number of carbonyl (C=O) groups excluding carboxylic acids is 2. The predicted octanol–water partition coefficient (Wildman–Crippen LogP) is 5.13. The van der Waals surface area contributed by atoms with Gasteiger partial charge in [0.2, 0.25) is 5.91 Å². The smallest absolute Gasteiger partial charge is 0.258 e. The number of nitrogens with one attached hydrogen (secondary N) is 2. The van der Waals surface area contributed by atoms with Gasteiger partial charge in [-0.05, 0) is 73.6 Å². The molecule has 3 aromatic rings. The molecule has 2 amide bonds. The van der Waals surface area contributed by atoms with Crippen LogP contribution in [-0.4, -0.2) is 45.9 Å². The van der Waals surface area contributed by atoms with E-state index in [9.17, 15) is 23.6 Å². The first kappa shape index (κ1) is 27.9. The Bertz CT molecular complexity index is 1550. The van der Waals surface area contributed by atoms with Crippen molar-refractivity contribution in [2.75, 3.05) is 23.9 Å². The Kier molecular flexibility index (Phi) is 8.03. The summed E-state index contributed by atoms with van der Waals surface area (Å²) in [7, 11) is 0. The lowest BCUT2D eigenvalue weighted by Gasteiger charge is -2.22. The third-order valence-electron chi connectivity index (χ3n) is 7.36. The molecule has 0 radical (unpaired) electrons. The molecule has 0 spiro atoms. The molecule has 2 heterocycles. The first-order valence-corrected chi connectivity index (χ1v) is 13.2. The largest absolute Gasteiger partial charge is 0.332 e. The van der Waals surface area contributed by atoms with Crippen molar-refractivity contribution in [2.45, 2.75) is 38.1 Å². The third kappa shape index (κ3) is 6.23. The number of benzene rings is 2. The Labute approximate surface area is 235 Å². The van der Waals surface area contributed by atoms with Crippen LogP contribution in [0.3, 0.4) is 0 Å². The highest BCUT2D eigenvalue weighted by molar-refractivity contribution is 6.05. The van der Waals surface area contributed by atoms with Gasteiger partial charge in [0.15, 0.2) is 5.82 Å². The summed E-state index contributed by atoms with van der Waals surface area (Å²) in [6.07, 6.45) is 4.98. The molecule has 1 saturated heterocycles. The van der Waals surface area contributed by atoms with Crippen LogP contribution >= 0.6 is 0 Å². The van der Waals surface area contributed by atoms with E-state index in [1.54, 1.807) is 24.0 Å². The molecule has 5 rings (SSSR count). The van der Waals surface area contributed by atoms with E-state index in [0.717, 1.165) is 18.4 Å². The van der Waals surface area contributed by atoms with Crippen molar-refractivity contribution in [3.05, 3.63) is 83.7 Å². The minimum Gasteiger partial charge on any atom is -0.332 e. The van der Waals surface area contributed by atoms with E-state index >= 15 is 0 Å². The minimum absolute atomic E-state index is 0.102. The highest BCUT2D eigenvalue weighted by Crippen LogP contribution is 2.40. The molecule has 11 heteroatoms. The van der Waals surface area contributed by atoms with E-state index in [-0.39, 0.29) is 41.5 Å². The fraction of sp³-hybridized carbons (Fsp3) is 0.300. The Balaban J connectivity index is 1.28. The van der Waals surface area contributed by atoms with Gasteiger partial charge in [0, 0.05) is 23.9 Å². The summed E-state index contributed by atoms with van der Waals surface area (Å²) in [5.74, 6) is -1.86. The zero-order chi connectivity index (χ0) is 29.1. The molecule has 41 heavy (non-hydrogen) atoms. The first-order chi connectivity index (χ1) is 19.8. The molecule has 2 fully saturated rings. The van der Waals surface area contributed by atoms with Gasteiger partial charge >= 0.3 is 0 Å². The molecule has 1 aromatic heterocycles. The molecule has 2 atom stereocenters. The monoisotopic (exact) mass is 558 g/mol. The van der Waals surface area contributed by atoms with Crippen molar-refractivity contribution in [2.24, 2.45) is 5.92 Å². The van der Waals surface area contributed by atoms with Gasteiger partial charge in [-0.15, -0.1) is 0 Å². The lowest BCUT2D eigenvalue weighted by atomic mass is 10.0. The number of rotatable bonds is 9. The van der Waals surface area contributed by atoms with Crippen molar-refractivity contribution in [1.29, 1.82) is 5.26 Å². The van der Waals surface area contributed by atoms with Gasteiger partial charge in [0.25, 0.3) is 5.91 Å². The van der Waals surface area contributed by atoms with Crippen LogP contribution in [0.15, 0.2) is 55.4 Å². The summed E-state index contributed by atoms with van der Waals surface area (Å²) in [5.41, 5.74) is 4.91. The lowest BCUT2D eigenvalue weighted by Crippen LogP contribution is -2.37. The Morgan fingerprint density at radius 1 is 1.22 bits per heavy atom. The summed E-state index contributed by atoms with van der Waals surface area (Å²) < 4.78 is 29.3. The van der Waals surface area contributed by atoms with Crippen LogP contribution in [-0.2, 0) is 9.63 Å². The Hall–Kier alpha value is -4.69. The van der Waals surface area contributed by atoms with E-state index in [2.05, 4.69) is 33.4 Å². The summed E-state index contributed by atoms with van der Waals surface area (Å²) >= 11 is 0. The number of carbonyl (C=O) groups is 2. The van der Waals surface area contributed by atoms with E-state index in [1.165, 1.54) is 36.7 Å². The highest BCUT2D eigenvalue weighted by atomic mass is 19.1. The molecular weight excluding hydrogens is 530 g/mol. The fourth-order valence-corrected chi connectivity index (χ4v) is 4.98. The second kappa shape index (κ2) is 11.8. The number of likely N-dealkylation sites (tertiary alicyclic amines) is 1. The van der Waals surface area contributed by atoms with E-state index in [1.807, 2.05) is 0 Å². The number of aromatic nitrogens is 2. The molecule has 9 nitrogen and oxygen atoms in total. The summed E-state index contributed by atoms with van der Waals surface area (Å²) in [6.45, 7) is 5.61. The molecule has 2 aromatic carbocycles. The summed E-state index contributed by atoms with van der Waals surface area (Å²) in [5, 5.41) is 11.9. The van der Waals surface area contributed by atoms with Crippen LogP contribution in [0.2, 0.25) is 0 Å². The topological polar surface area (TPSA) is 120 Å². The molecular formula is C30H28F2N6O3. The minimum atomic E-state index is -0.683. The zero-order valence-electron chi connectivity index (χ0n) is 22.4. The zero-order valence-corrected chi connectivity index (χ0v) is 22.4. The van der Waals surface area contributed by atoms with E-state index in [4.69, 9.17) is 4.84 Å². The van der Waals surface area contributed by atoms with Crippen molar-refractivity contribution >= 4 is 23.3 Å². The quantitative estimate of drug-likeness (QED) is 0.276. The molecule has 1 aliphatic heterocycles. The molecule has 2 N–H and O–H groups in total. The fourth-order valence-electron chi connectivity index (χ4n) is 4.98. The Morgan fingerprint density at radius 3 is 2.73 bits per heavy atom. The van der Waals surface area contributed by atoms with Crippen LogP contribution in [0.5, 0.6) is 0 Å². The molecule has 2 aliphatic rings. The van der Waals surface area contributed by atoms with Crippen molar-refractivity contribution in [3.63, 3.8) is 0 Å². The third-order valence-corrected chi connectivity index (χ3v) is 7.36. The van der Waals surface area contributed by atoms with Crippen LogP contribution in [0, 0.1) is 35.8 Å². The number of nitriles is 1. The Morgan fingerprint density at radius 2 is 2.02 bits per heavy atom. The van der Waals surface area contributed by atoms with Gasteiger partial charge in [0.1, 0.15) is 18.0 Å². The number of halogens is 2. The molecule has 0 unspecified atom stereocenters. The summed E-state index contributed by atoms with van der Waals surface area (Å²) in [4.78, 5) is 40.5. The molecule has 0 bridgehead atoms. The standard InChI is InChI=1S/C30H28F2N6O3/c1-3-29(39)38-14-18(13-33)8-22(38)15-41-37-28-12-27(34-16-35-28)24-10-21(31)11-26(17(24)2)36-30(40)23-7-6-20(9-25(23)32)19-4-5-19/h3,6-7,9-12,16,18-19,22H,1,4-5,8,14-15H2,2H3,(H,36,40)(H,34,35,37)/t18-,22+/m1/s1. The predicted molar refractivity (Wildman–Crippen MR) is 147 cm³/mol. The highest BCUT2D eigenvalue weighted by Gasteiger charge is 2.34. The van der Waals surface area contributed by atoms with Gasteiger partial charge in [-0.2, -0.15) is 5.26 Å². The maximum atomic E-state index is 14.7. The average molecular weight is 559 g/mol. The van der Waals surface area contributed by atoms with Gasteiger partial charge in [-0.3, -0.25) is 14.4 Å². The van der Waals surface area contributed by atoms with Crippen molar-refractivity contribution < 1.29 is 23.2 Å². The number of hydrogen-bond acceptors (Lipinski definition) is 7. The lowest BCUT2D eigenvalue weighted by molar-refractivity contribution is -0.127. The number of nitrogens with zero attached hydrogens (tertiary/aromatic N) is 4. The number of hydrogen-bond donors (Lipinski definition) is 2. The summed E-state index contributed by atoms with van der Waals surface area (Å²) in [6, 6.07) is 10.5. The van der Waals surface area contributed by atoms with Crippen LogP contribution in [0.4, 0.5) is 20.3 Å². The normalized spacial score (nSPS) is 18.0. The van der Waals surface area contributed by atoms with Gasteiger partial charge < -0.3 is 10.2 Å². The van der Waals surface area contributed by atoms with Crippen molar-refractivity contribution in [1.82, 2.24) is 14.9 Å². The van der Waals surface area contributed by atoms with Crippen molar-refractivity contribution in [3.8, 4) is 17.3 Å². The van der Waals surface area contributed by atoms with E-state index < -0.39 is 17.5 Å². The number of anilines is 2. The number of amides is 2. The van der Waals surface area contributed by atoms with Gasteiger partial charge in [0.05, 0.1) is 35.9 Å². The van der Waals surface area contributed by atoms with Gasteiger partial charge in [-0.25, -0.2) is 24.2 Å². The van der Waals surface area contributed by atoms with Gasteiger partial charge in [-0.1, -0.05) is 12.6 Å².